The maximum absolute atomic E-state index is 12.3. The Labute approximate surface area is 112 Å². The number of nitrogens with zero attached hydrogens (tertiary/aromatic N) is 1. The minimum absolute atomic E-state index is 0.0884. The van der Waals surface area contributed by atoms with Crippen LogP contribution in [0.3, 0.4) is 0 Å². The average Bonchev–Trinajstić information content (AvgIpc) is 2.81. The second-order valence-electron chi connectivity index (χ2n) is 4.74. The van der Waals surface area contributed by atoms with E-state index in [9.17, 15) is 9.59 Å². The molecule has 0 bridgehead atoms. The fourth-order valence-electron chi connectivity index (χ4n) is 2.38. The predicted octanol–water partition coefficient (Wildman–Crippen LogP) is 0.330. The van der Waals surface area contributed by atoms with Crippen molar-refractivity contribution in [1.29, 1.82) is 0 Å². The van der Waals surface area contributed by atoms with Crippen LogP contribution >= 0.6 is 0 Å². The molecule has 1 aliphatic heterocycles. The summed E-state index contributed by atoms with van der Waals surface area (Å²) in [4.78, 5) is 25.4. The number of hydrogen-bond acceptors (Lipinski definition) is 4. The van der Waals surface area contributed by atoms with Gasteiger partial charge in [-0.05, 0) is 12.0 Å². The first kappa shape index (κ1) is 13.5. The van der Waals surface area contributed by atoms with Crippen LogP contribution in [-0.2, 0) is 20.7 Å². The van der Waals surface area contributed by atoms with Crippen LogP contribution < -0.4 is 5.73 Å². The lowest BCUT2D eigenvalue weighted by molar-refractivity contribution is -0.150. The van der Waals surface area contributed by atoms with Gasteiger partial charge in [-0.1, -0.05) is 30.3 Å². The van der Waals surface area contributed by atoms with Gasteiger partial charge in [0.2, 0.25) is 5.91 Å². The number of rotatable bonds is 3. The van der Waals surface area contributed by atoms with Crippen LogP contribution in [-0.4, -0.2) is 42.5 Å². The Morgan fingerprint density at radius 1 is 1.37 bits per heavy atom. The molecule has 1 aliphatic rings. The molecule has 2 rings (SSSR count). The van der Waals surface area contributed by atoms with E-state index in [-0.39, 0.29) is 18.4 Å². The Balaban J connectivity index is 2.07. The van der Waals surface area contributed by atoms with Gasteiger partial charge in [-0.2, -0.15) is 0 Å². The standard InChI is InChI=1S/C14H18N2O3/c1-19-14(18)12-8-11(15)9-16(12)13(17)7-10-5-3-2-4-6-10/h2-6,11-12H,7-9,15H2,1H3/t11-,12-/m0/s1. The molecule has 0 aromatic heterocycles. The first-order chi connectivity index (χ1) is 9.11. The lowest BCUT2D eigenvalue weighted by atomic mass is 10.1. The van der Waals surface area contributed by atoms with Crippen molar-refractivity contribution in [1.82, 2.24) is 4.90 Å². The molecule has 0 unspecified atom stereocenters. The van der Waals surface area contributed by atoms with Crippen LogP contribution in [0.15, 0.2) is 30.3 Å². The number of methoxy groups -OCH3 is 1. The van der Waals surface area contributed by atoms with Crippen LogP contribution in [0.1, 0.15) is 12.0 Å². The Hall–Kier alpha value is -1.88. The van der Waals surface area contributed by atoms with Gasteiger partial charge in [0.25, 0.3) is 0 Å². The van der Waals surface area contributed by atoms with Crippen LogP contribution in [0.5, 0.6) is 0 Å². The number of likely N-dealkylation sites (tertiary alicyclic amines) is 1. The molecular formula is C14H18N2O3. The summed E-state index contributed by atoms with van der Waals surface area (Å²) in [5.41, 5.74) is 6.76. The third-order valence-corrected chi connectivity index (χ3v) is 3.33. The fraction of sp³-hybridized carbons (Fsp3) is 0.429. The maximum atomic E-state index is 12.3. The van der Waals surface area contributed by atoms with Crippen molar-refractivity contribution in [2.24, 2.45) is 5.73 Å². The van der Waals surface area contributed by atoms with Crippen LogP contribution in [0, 0.1) is 0 Å². The summed E-state index contributed by atoms with van der Waals surface area (Å²) >= 11 is 0. The molecule has 19 heavy (non-hydrogen) atoms. The van der Waals surface area contributed by atoms with E-state index in [0.717, 1.165) is 5.56 Å². The third-order valence-electron chi connectivity index (χ3n) is 3.33. The molecule has 0 radical (unpaired) electrons. The molecule has 0 aliphatic carbocycles. The normalized spacial score (nSPS) is 22.3. The second-order valence-corrected chi connectivity index (χ2v) is 4.74. The number of carbonyl (C=O) groups excluding carboxylic acids is 2. The quantitative estimate of drug-likeness (QED) is 0.797. The van der Waals surface area contributed by atoms with Crippen molar-refractivity contribution in [2.45, 2.75) is 24.9 Å². The number of ether oxygens (including phenoxy) is 1. The van der Waals surface area contributed by atoms with E-state index in [0.29, 0.717) is 13.0 Å². The van der Waals surface area contributed by atoms with Crippen LogP contribution in [0.25, 0.3) is 0 Å². The molecule has 2 N–H and O–H groups in total. The van der Waals surface area contributed by atoms with Crippen LogP contribution in [0.2, 0.25) is 0 Å². The summed E-state index contributed by atoms with van der Waals surface area (Å²) in [6.45, 7) is 0.408. The molecule has 102 valence electrons. The molecule has 0 saturated carbocycles. The van der Waals surface area contributed by atoms with Crippen molar-refractivity contribution >= 4 is 11.9 Å². The van der Waals surface area contributed by atoms with Gasteiger partial charge in [-0.3, -0.25) is 4.79 Å². The summed E-state index contributed by atoms with van der Waals surface area (Å²) < 4.78 is 4.72. The Kier molecular flexibility index (Phi) is 4.16. The summed E-state index contributed by atoms with van der Waals surface area (Å²) in [7, 11) is 1.33. The summed E-state index contributed by atoms with van der Waals surface area (Å²) in [5, 5.41) is 0. The van der Waals surface area contributed by atoms with E-state index in [4.69, 9.17) is 10.5 Å². The molecule has 2 atom stereocenters. The molecule has 1 fully saturated rings. The van der Waals surface area contributed by atoms with Crippen molar-refractivity contribution in [3.8, 4) is 0 Å². The number of carbonyl (C=O) groups is 2. The zero-order valence-corrected chi connectivity index (χ0v) is 10.9. The highest BCUT2D eigenvalue weighted by Gasteiger charge is 2.38. The highest BCUT2D eigenvalue weighted by Crippen LogP contribution is 2.19. The molecule has 1 aromatic carbocycles. The monoisotopic (exact) mass is 262 g/mol. The molecule has 1 heterocycles. The number of nitrogens with two attached hydrogens (primary N) is 1. The van der Waals surface area contributed by atoms with Gasteiger partial charge in [0.15, 0.2) is 0 Å². The highest BCUT2D eigenvalue weighted by atomic mass is 16.5. The van der Waals surface area contributed by atoms with Gasteiger partial charge in [0, 0.05) is 12.6 Å². The lowest BCUT2D eigenvalue weighted by Gasteiger charge is -2.22. The molecular weight excluding hydrogens is 244 g/mol. The van der Waals surface area contributed by atoms with E-state index in [1.165, 1.54) is 12.0 Å². The van der Waals surface area contributed by atoms with Gasteiger partial charge in [-0.15, -0.1) is 0 Å². The largest absolute Gasteiger partial charge is 0.467 e. The fourth-order valence-corrected chi connectivity index (χ4v) is 2.38. The predicted molar refractivity (Wildman–Crippen MR) is 70.3 cm³/mol. The van der Waals surface area contributed by atoms with Gasteiger partial charge in [0.1, 0.15) is 6.04 Å². The maximum Gasteiger partial charge on any atom is 0.328 e. The number of amides is 1. The minimum atomic E-state index is -0.545. The Morgan fingerprint density at radius 3 is 2.68 bits per heavy atom. The van der Waals surface area contributed by atoms with E-state index < -0.39 is 12.0 Å². The van der Waals surface area contributed by atoms with E-state index >= 15 is 0 Å². The van der Waals surface area contributed by atoms with Gasteiger partial charge < -0.3 is 15.4 Å². The molecule has 0 spiro atoms. The summed E-state index contributed by atoms with van der Waals surface area (Å²) in [6.07, 6.45) is 0.744. The number of esters is 1. The van der Waals surface area contributed by atoms with E-state index in [1.54, 1.807) is 0 Å². The zero-order valence-electron chi connectivity index (χ0n) is 10.9. The smallest absolute Gasteiger partial charge is 0.328 e. The zero-order chi connectivity index (χ0) is 13.8. The second kappa shape index (κ2) is 5.84. The van der Waals surface area contributed by atoms with Crippen molar-refractivity contribution < 1.29 is 14.3 Å². The minimum Gasteiger partial charge on any atom is -0.467 e. The van der Waals surface area contributed by atoms with E-state index in [2.05, 4.69) is 0 Å². The third kappa shape index (κ3) is 3.12. The lowest BCUT2D eigenvalue weighted by Crippen LogP contribution is -2.42. The number of benzene rings is 1. The topological polar surface area (TPSA) is 72.6 Å². The van der Waals surface area contributed by atoms with Crippen molar-refractivity contribution in [2.75, 3.05) is 13.7 Å². The molecule has 1 amide bonds. The van der Waals surface area contributed by atoms with Crippen molar-refractivity contribution in [3.63, 3.8) is 0 Å². The summed E-state index contributed by atoms with van der Waals surface area (Å²) in [6, 6.07) is 8.74. The Morgan fingerprint density at radius 2 is 2.05 bits per heavy atom. The average molecular weight is 262 g/mol. The molecule has 1 saturated heterocycles. The number of hydrogen-bond donors (Lipinski definition) is 1. The SMILES string of the molecule is COC(=O)[C@@H]1C[C@H](N)CN1C(=O)Cc1ccccc1. The van der Waals surface area contributed by atoms with Gasteiger partial charge >= 0.3 is 5.97 Å². The first-order valence-electron chi connectivity index (χ1n) is 6.28. The van der Waals surface area contributed by atoms with Crippen LogP contribution in [0.4, 0.5) is 0 Å². The van der Waals surface area contributed by atoms with E-state index in [1.807, 2.05) is 30.3 Å². The van der Waals surface area contributed by atoms with Crippen molar-refractivity contribution in [3.05, 3.63) is 35.9 Å². The Bertz CT molecular complexity index is 461. The highest BCUT2D eigenvalue weighted by molar-refractivity contribution is 5.86. The summed E-state index contributed by atoms with van der Waals surface area (Å²) in [5.74, 6) is -0.482. The first-order valence-corrected chi connectivity index (χ1v) is 6.28. The molecule has 5 nitrogen and oxygen atoms in total. The molecule has 1 aromatic rings. The van der Waals surface area contributed by atoms with Gasteiger partial charge in [-0.25, -0.2) is 4.79 Å². The molecule has 5 heteroatoms. The van der Waals surface area contributed by atoms with Gasteiger partial charge in [0.05, 0.1) is 13.5 Å².